The van der Waals surface area contributed by atoms with Crippen molar-refractivity contribution in [3.05, 3.63) is 29.3 Å². The zero-order chi connectivity index (χ0) is 15.0. The van der Waals surface area contributed by atoms with Crippen LogP contribution in [0.3, 0.4) is 0 Å². The number of hydrogen-bond acceptors (Lipinski definition) is 4. The van der Waals surface area contributed by atoms with E-state index < -0.39 is 0 Å². The van der Waals surface area contributed by atoms with E-state index in [-0.39, 0.29) is 11.9 Å². The number of amides is 1. The van der Waals surface area contributed by atoms with Crippen molar-refractivity contribution in [2.24, 2.45) is 5.73 Å². The SMILES string of the molecule is COCCN(CCOc1ccc(Cl)cc1)C(C)C(N)=O. The third-order valence-corrected chi connectivity index (χ3v) is 3.25. The van der Waals surface area contributed by atoms with Crippen LogP contribution in [0.4, 0.5) is 0 Å². The quantitative estimate of drug-likeness (QED) is 0.751. The van der Waals surface area contributed by atoms with Crippen LogP contribution in [-0.4, -0.2) is 50.3 Å². The van der Waals surface area contributed by atoms with Crippen LogP contribution < -0.4 is 10.5 Å². The maximum Gasteiger partial charge on any atom is 0.234 e. The molecule has 1 aromatic carbocycles. The Labute approximate surface area is 124 Å². The molecule has 0 heterocycles. The van der Waals surface area contributed by atoms with E-state index in [1.165, 1.54) is 0 Å². The van der Waals surface area contributed by atoms with Gasteiger partial charge in [0.15, 0.2) is 0 Å². The van der Waals surface area contributed by atoms with Gasteiger partial charge in [-0.05, 0) is 31.2 Å². The standard InChI is InChI=1S/C14H21ClN2O3/c1-11(14(16)18)17(7-9-19-2)8-10-20-13-5-3-12(15)4-6-13/h3-6,11H,7-10H2,1-2H3,(H2,16,18). The summed E-state index contributed by atoms with van der Waals surface area (Å²) < 4.78 is 10.6. The van der Waals surface area contributed by atoms with Crippen molar-refractivity contribution in [3.8, 4) is 5.75 Å². The van der Waals surface area contributed by atoms with Crippen LogP contribution in [0, 0.1) is 0 Å². The maximum atomic E-state index is 11.3. The fraction of sp³-hybridized carbons (Fsp3) is 0.500. The van der Waals surface area contributed by atoms with Crippen LogP contribution in [-0.2, 0) is 9.53 Å². The monoisotopic (exact) mass is 300 g/mol. The first-order chi connectivity index (χ1) is 9.54. The van der Waals surface area contributed by atoms with E-state index in [1.54, 1.807) is 38.3 Å². The minimum atomic E-state index is -0.354. The van der Waals surface area contributed by atoms with Crippen LogP contribution in [0.1, 0.15) is 6.92 Å². The number of carbonyl (C=O) groups is 1. The molecule has 0 aliphatic heterocycles. The molecule has 1 unspecified atom stereocenters. The fourth-order valence-corrected chi connectivity index (χ4v) is 1.83. The minimum Gasteiger partial charge on any atom is -0.492 e. The molecule has 2 N–H and O–H groups in total. The number of halogens is 1. The molecule has 0 saturated carbocycles. The van der Waals surface area contributed by atoms with Crippen LogP contribution in [0.5, 0.6) is 5.75 Å². The smallest absolute Gasteiger partial charge is 0.234 e. The number of benzene rings is 1. The molecule has 1 aromatic rings. The van der Waals surface area contributed by atoms with Gasteiger partial charge in [-0.15, -0.1) is 0 Å². The number of rotatable bonds is 9. The van der Waals surface area contributed by atoms with Gasteiger partial charge in [0.1, 0.15) is 12.4 Å². The van der Waals surface area contributed by atoms with Gasteiger partial charge in [0.2, 0.25) is 5.91 Å². The molecule has 0 saturated heterocycles. The van der Waals surface area contributed by atoms with Crippen molar-refractivity contribution in [1.82, 2.24) is 4.90 Å². The van der Waals surface area contributed by atoms with E-state index in [0.29, 0.717) is 31.3 Å². The van der Waals surface area contributed by atoms with Crippen molar-refractivity contribution < 1.29 is 14.3 Å². The Morgan fingerprint density at radius 1 is 1.30 bits per heavy atom. The lowest BCUT2D eigenvalue weighted by Crippen LogP contribution is -2.45. The van der Waals surface area contributed by atoms with Gasteiger partial charge in [-0.3, -0.25) is 9.69 Å². The topological polar surface area (TPSA) is 64.8 Å². The number of methoxy groups -OCH3 is 1. The number of primary amides is 1. The summed E-state index contributed by atoms with van der Waals surface area (Å²) in [6.07, 6.45) is 0. The molecule has 20 heavy (non-hydrogen) atoms. The highest BCUT2D eigenvalue weighted by Gasteiger charge is 2.18. The third-order valence-electron chi connectivity index (χ3n) is 3.00. The fourth-order valence-electron chi connectivity index (χ4n) is 1.70. The van der Waals surface area contributed by atoms with Gasteiger partial charge in [0.25, 0.3) is 0 Å². The average molecular weight is 301 g/mol. The van der Waals surface area contributed by atoms with E-state index in [9.17, 15) is 4.79 Å². The Balaban J connectivity index is 2.44. The molecular weight excluding hydrogens is 280 g/mol. The maximum absolute atomic E-state index is 11.3. The summed E-state index contributed by atoms with van der Waals surface area (Å²) >= 11 is 5.80. The van der Waals surface area contributed by atoms with Gasteiger partial charge in [-0.1, -0.05) is 11.6 Å². The van der Waals surface area contributed by atoms with E-state index in [2.05, 4.69) is 0 Å². The molecule has 6 heteroatoms. The number of ether oxygens (including phenoxy) is 2. The average Bonchev–Trinajstić information content (AvgIpc) is 2.43. The van der Waals surface area contributed by atoms with E-state index in [0.717, 1.165) is 5.75 Å². The predicted octanol–water partition coefficient (Wildman–Crippen LogP) is 1.54. The molecule has 1 amide bonds. The lowest BCUT2D eigenvalue weighted by atomic mass is 10.2. The zero-order valence-corrected chi connectivity index (χ0v) is 12.6. The van der Waals surface area contributed by atoms with Gasteiger partial charge in [0.05, 0.1) is 12.6 Å². The van der Waals surface area contributed by atoms with Crippen molar-refractivity contribution >= 4 is 17.5 Å². The molecule has 1 atom stereocenters. The molecule has 0 spiro atoms. The highest BCUT2D eigenvalue weighted by atomic mass is 35.5. The van der Waals surface area contributed by atoms with Crippen LogP contribution in [0.25, 0.3) is 0 Å². The first-order valence-electron chi connectivity index (χ1n) is 6.45. The first kappa shape index (κ1) is 16.8. The lowest BCUT2D eigenvalue weighted by Gasteiger charge is -2.26. The largest absolute Gasteiger partial charge is 0.492 e. The Bertz CT molecular complexity index is 411. The van der Waals surface area contributed by atoms with Crippen molar-refractivity contribution in [1.29, 1.82) is 0 Å². The molecule has 0 radical (unpaired) electrons. The summed E-state index contributed by atoms with van der Waals surface area (Å²) in [6, 6.07) is 6.80. The second-order valence-corrected chi connectivity index (χ2v) is 4.85. The summed E-state index contributed by atoms with van der Waals surface area (Å²) in [7, 11) is 1.62. The Hall–Kier alpha value is -1.30. The Morgan fingerprint density at radius 2 is 1.90 bits per heavy atom. The van der Waals surface area contributed by atoms with Crippen molar-refractivity contribution in [2.75, 3.05) is 33.4 Å². The van der Waals surface area contributed by atoms with E-state index >= 15 is 0 Å². The molecule has 112 valence electrons. The van der Waals surface area contributed by atoms with E-state index in [1.807, 2.05) is 4.90 Å². The van der Waals surface area contributed by atoms with Gasteiger partial charge >= 0.3 is 0 Å². The molecule has 5 nitrogen and oxygen atoms in total. The second kappa shape index (κ2) is 8.79. The third kappa shape index (κ3) is 5.77. The molecule has 0 fully saturated rings. The summed E-state index contributed by atoms with van der Waals surface area (Å²) in [5.74, 6) is 0.389. The molecule has 1 rings (SSSR count). The molecule has 0 aromatic heterocycles. The number of nitrogens with two attached hydrogens (primary N) is 1. The van der Waals surface area contributed by atoms with Crippen molar-refractivity contribution in [2.45, 2.75) is 13.0 Å². The summed E-state index contributed by atoms with van der Waals surface area (Å²) in [5.41, 5.74) is 5.33. The van der Waals surface area contributed by atoms with Crippen molar-refractivity contribution in [3.63, 3.8) is 0 Å². The normalized spacial score (nSPS) is 12.4. The molecule has 0 bridgehead atoms. The second-order valence-electron chi connectivity index (χ2n) is 4.41. The van der Waals surface area contributed by atoms with Crippen LogP contribution in [0.15, 0.2) is 24.3 Å². The van der Waals surface area contributed by atoms with Gasteiger partial charge in [0, 0.05) is 25.2 Å². The summed E-state index contributed by atoms with van der Waals surface area (Å²) in [5, 5.41) is 0.668. The van der Waals surface area contributed by atoms with Gasteiger partial charge < -0.3 is 15.2 Å². The highest BCUT2D eigenvalue weighted by Crippen LogP contribution is 2.15. The zero-order valence-electron chi connectivity index (χ0n) is 11.8. The Kier molecular flexibility index (Phi) is 7.36. The van der Waals surface area contributed by atoms with Gasteiger partial charge in [-0.2, -0.15) is 0 Å². The van der Waals surface area contributed by atoms with Gasteiger partial charge in [-0.25, -0.2) is 0 Å². The lowest BCUT2D eigenvalue weighted by molar-refractivity contribution is -0.123. The first-order valence-corrected chi connectivity index (χ1v) is 6.83. The minimum absolute atomic E-state index is 0.348. The Morgan fingerprint density at radius 3 is 2.45 bits per heavy atom. The van der Waals surface area contributed by atoms with Crippen LogP contribution >= 0.6 is 11.6 Å². The summed E-state index contributed by atoms with van der Waals surface area (Å²) in [6.45, 7) is 4.00. The number of hydrogen-bond donors (Lipinski definition) is 1. The predicted molar refractivity (Wildman–Crippen MR) is 79.1 cm³/mol. The molecule has 0 aliphatic carbocycles. The van der Waals surface area contributed by atoms with Crippen LogP contribution in [0.2, 0.25) is 5.02 Å². The summed E-state index contributed by atoms with van der Waals surface area (Å²) in [4.78, 5) is 13.2. The molecule has 0 aliphatic rings. The van der Waals surface area contributed by atoms with E-state index in [4.69, 9.17) is 26.8 Å². The molecular formula is C14H21ClN2O3. The highest BCUT2D eigenvalue weighted by molar-refractivity contribution is 6.30. The number of nitrogens with zero attached hydrogens (tertiary/aromatic N) is 1. The number of carbonyl (C=O) groups excluding carboxylic acids is 1.